The number of aromatic nitrogens is 4. The van der Waals surface area contributed by atoms with E-state index in [0.29, 0.717) is 11.4 Å². The zero-order chi connectivity index (χ0) is 87.4. The van der Waals surface area contributed by atoms with Crippen LogP contribution in [0.2, 0.25) is 0 Å². The summed E-state index contributed by atoms with van der Waals surface area (Å²) in [5.74, 6) is -24.3. The molecule has 0 saturated carbocycles. The number of fused-ring (bicyclic) bond motifs is 1. The number of benzene rings is 1. The number of carbonyl (C=O) groups excluding carboxylic acids is 10. The number of anilines is 2. The number of carboxylic acids is 4. The molecule has 0 fully saturated rings. The maximum Gasteiger partial charge on any atom is 0.327 e. The maximum atomic E-state index is 14.8. The summed E-state index contributed by atoms with van der Waals surface area (Å²) in [6.07, 6.45) is -36.5. The number of aliphatic hydroxyl groups excluding tert-OH is 15. The Bertz CT molecular complexity index is 3870. The second-order valence-electron chi connectivity index (χ2n) is 27.0. The Hall–Kier alpha value is -10.0. The van der Waals surface area contributed by atoms with Crippen LogP contribution in [0.5, 0.6) is 0 Å². The predicted molar refractivity (Wildman–Crippen MR) is 395 cm³/mol. The van der Waals surface area contributed by atoms with Gasteiger partial charge in [0, 0.05) is 112 Å². The molecule has 2 heterocycles. The fourth-order valence-electron chi connectivity index (χ4n) is 11.0. The number of ketones is 3. The van der Waals surface area contributed by atoms with E-state index in [9.17, 15) is 164 Å². The molecule has 116 heavy (non-hydrogen) atoms. The van der Waals surface area contributed by atoms with Gasteiger partial charge in [-0.2, -0.15) is 17.6 Å². The fraction of sp³-hybridized carbons (Fsp3) is 0.618. The van der Waals surface area contributed by atoms with Crippen molar-refractivity contribution in [3.63, 3.8) is 0 Å². The molecule has 3 aromatic rings. The van der Waals surface area contributed by atoms with Crippen molar-refractivity contribution in [3.05, 3.63) is 52.1 Å². The first-order chi connectivity index (χ1) is 54.5. The summed E-state index contributed by atoms with van der Waals surface area (Å²) < 4.78 is 0. The molecule has 648 valence electrons. The van der Waals surface area contributed by atoms with Crippen LogP contribution in [-0.4, -0.2) is 342 Å². The molecule has 19 atom stereocenters. The number of rotatable bonds is 58. The van der Waals surface area contributed by atoms with E-state index in [-0.39, 0.29) is 29.2 Å². The molecule has 3 rings (SSSR count). The smallest absolute Gasteiger partial charge is 0.327 e. The lowest BCUT2D eigenvalue weighted by atomic mass is 9.89. The highest BCUT2D eigenvalue weighted by Gasteiger charge is 2.38. The Morgan fingerprint density at radius 1 is 0.448 bits per heavy atom. The number of aliphatic hydroxyl groups is 15. The van der Waals surface area contributed by atoms with Crippen molar-refractivity contribution in [2.24, 2.45) is 17.8 Å². The largest absolute Gasteiger partial charge is 0.481 e. The average molecular weight is 1680 g/mol. The van der Waals surface area contributed by atoms with Gasteiger partial charge in [-0.25, -0.2) is 19.6 Å². The molecule has 1 aromatic carbocycles. The van der Waals surface area contributed by atoms with Crippen LogP contribution in [0.4, 0.5) is 11.6 Å². The lowest BCUT2D eigenvalue weighted by Gasteiger charge is -2.26. The van der Waals surface area contributed by atoms with Crippen molar-refractivity contribution in [1.29, 1.82) is 0 Å². The average Bonchev–Trinajstić information content (AvgIpc) is 0.810. The minimum atomic E-state index is -2.22. The topological polar surface area (TPSA) is 817 Å². The molecule has 0 aliphatic carbocycles. The van der Waals surface area contributed by atoms with Crippen LogP contribution in [-0.2, 0) is 68.9 Å². The van der Waals surface area contributed by atoms with E-state index in [1.807, 2.05) is 0 Å². The number of Topliss-reactive ketones (excluding diaryl/α,β-unsaturated/α-hetero) is 3. The van der Waals surface area contributed by atoms with Crippen molar-refractivity contribution >= 4 is 118 Å². The Morgan fingerprint density at radius 3 is 1.19 bits per heavy atom. The van der Waals surface area contributed by atoms with Gasteiger partial charge in [-0.05, 0) is 62.8 Å². The molecule has 0 bridgehead atoms. The van der Waals surface area contributed by atoms with Crippen LogP contribution >= 0.6 is 12.6 Å². The Kier molecular flexibility index (Phi) is 43.6. The van der Waals surface area contributed by atoms with Crippen LogP contribution in [0.25, 0.3) is 11.2 Å². The van der Waals surface area contributed by atoms with E-state index in [4.69, 9.17) is 10.8 Å². The van der Waals surface area contributed by atoms with Crippen molar-refractivity contribution in [2.45, 2.75) is 200 Å². The number of nitrogens with two attached hydrogens (primary N) is 1. The van der Waals surface area contributed by atoms with Crippen LogP contribution in [0.1, 0.15) is 112 Å². The van der Waals surface area contributed by atoms with Gasteiger partial charge in [-0.3, -0.25) is 67.3 Å². The number of aliphatic carboxylic acids is 4. The molecule has 7 amide bonds. The van der Waals surface area contributed by atoms with Gasteiger partial charge >= 0.3 is 23.9 Å². The minimum Gasteiger partial charge on any atom is -0.481 e. The monoisotopic (exact) mass is 1680 g/mol. The number of H-pyrrole nitrogens is 1. The number of nitrogens with one attached hydrogen (secondary N) is 9. The summed E-state index contributed by atoms with van der Waals surface area (Å²) in [5, 5.41) is 207. The van der Waals surface area contributed by atoms with E-state index in [0.717, 1.165) is 0 Å². The molecule has 48 heteroatoms. The molecular formula is C68H101N13O34S. The first-order valence-electron chi connectivity index (χ1n) is 36.0. The Labute approximate surface area is 663 Å². The molecule has 2 aromatic heterocycles. The number of hydrogen-bond acceptors (Lipinski definition) is 36. The van der Waals surface area contributed by atoms with Gasteiger partial charge in [0.15, 0.2) is 22.7 Å². The quantitative estimate of drug-likeness (QED) is 0.0233. The molecule has 0 radical (unpaired) electrons. The second kappa shape index (κ2) is 50.5. The van der Waals surface area contributed by atoms with Crippen LogP contribution in [0.3, 0.4) is 0 Å². The molecular weight excluding hydrogens is 1570 g/mol. The van der Waals surface area contributed by atoms with E-state index in [2.05, 4.69) is 75.1 Å². The minimum absolute atomic E-state index is 0.0111. The van der Waals surface area contributed by atoms with Gasteiger partial charge in [-0.1, -0.05) is 0 Å². The third-order valence-corrected chi connectivity index (χ3v) is 18.4. The molecule has 0 aliphatic rings. The number of nitrogens with zero attached hydrogens (tertiary/aromatic N) is 3. The first-order valence-corrected chi connectivity index (χ1v) is 36.6. The number of carboxylic acid groups (broad SMARTS) is 4. The predicted octanol–water partition coefficient (Wildman–Crippen LogP) is -11.2. The summed E-state index contributed by atoms with van der Waals surface area (Å²) >= 11 is 3.90. The number of nitrogen functional groups attached to an aromatic ring is 1. The summed E-state index contributed by atoms with van der Waals surface area (Å²) in [4.78, 5) is 215. The normalized spacial score (nSPS) is 16.4. The highest BCUT2D eigenvalue weighted by Crippen LogP contribution is 2.23. The molecule has 0 saturated heterocycles. The van der Waals surface area contributed by atoms with Crippen molar-refractivity contribution < 1.29 is 164 Å². The third kappa shape index (κ3) is 34.4. The van der Waals surface area contributed by atoms with Gasteiger partial charge < -0.3 is 145 Å². The zero-order valence-corrected chi connectivity index (χ0v) is 63.0. The van der Waals surface area contributed by atoms with Crippen LogP contribution in [0.15, 0.2) is 35.3 Å². The molecule has 1 unspecified atom stereocenters. The number of amides is 7. The maximum absolute atomic E-state index is 14.8. The fourth-order valence-corrected chi connectivity index (χ4v) is 11.3. The third-order valence-electron chi connectivity index (χ3n) is 18.1. The summed E-state index contributed by atoms with van der Waals surface area (Å²) in [6.45, 7) is -5.82. The highest BCUT2D eigenvalue weighted by molar-refractivity contribution is 7.80. The van der Waals surface area contributed by atoms with Crippen molar-refractivity contribution in [3.8, 4) is 0 Å². The van der Waals surface area contributed by atoms with E-state index in [1.165, 1.54) is 30.5 Å². The molecule has 30 N–H and O–H groups in total. The SMILES string of the molecule is Nc1nc2ncc(CNc3ccc(C(=O)N[C@H](CCC(=O)C[C@H](CCC(=O)NC[C@H](O)[C@@H](O)[C@H](O)[C@H](O)CO)C(=O)N[C@H](CCC(=O)O)C(=O)C[C@H](CCC(=O)NC[C@H](O)[C@@H](O)[C@H](O)[C@H](O)CO)C(=O)N[C@H](CCC(=O)O)C(=O)C[C@H](CCC(=O)NC[C@H](O)[C@@H](O)[C@H](O)[C@H](O)CO)C(=O)NC(CS)C(=O)O)C(=O)O)cc3)nc2c(=O)[nH]1. The van der Waals surface area contributed by atoms with Gasteiger partial charge in [0.1, 0.15) is 72.8 Å². The molecule has 47 nitrogen and oxygen atoms in total. The zero-order valence-electron chi connectivity index (χ0n) is 62.1. The Morgan fingerprint density at radius 2 is 0.819 bits per heavy atom. The lowest BCUT2D eigenvalue weighted by molar-refractivity contribution is -0.142. The summed E-state index contributed by atoms with van der Waals surface area (Å²) in [5.41, 5.74) is 5.43. The van der Waals surface area contributed by atoms with E-state index < -0.39 is 345 Å². The van der Waals surface area contributed by atoms with Gasteiger partial charge in [-0.15, -0.1) is 0 Å². The Balaban J connectivity index is 2.05. The highest BCUT2D eigenvalue weighted by atomic mass is 32.1. The second-order valence-corrected chi connectivity index (χ2v) is 27.4. The number of carbonyl (C=O) groups is 14. The molecule has 0 spiro atoms. The standard InChI is InChI=1S/C68H101N13O34S/c69-68-80-60-53(65(111)81-68)75-34(21-74-60)20-70-33-6-1-29(2-7-33)61(107)78-38(66(112)113)9-8-35(85)17-30(3-12-48(94)71-22-42(88)54(101)57(104)45(91)25-82)62(108)76-36(10-15-51(97)98)40(86)18-31(4-13-49(95)72-23-43(89)55(102)58(105)46(92)26-83)63(109)77-37(11-16-52(99)100)41(87)19-32(64(110)79-39(28-116)67(114)115)5-14-50(96)73-24-44(90)56(103)59(106)47(93)27-84/h1-2,6-7,21,30-32,36-39,42-47,54-59,70,82-84,88-93,101-106,116H,3-5,8-20,22-28H2,(H,71,94)(H,72,95)(H,73,96)(H,76,108)(H,77,109)(H,78,107)(H,79,110)(H,97,98)(H,99,100)(H,112,113)(H,114,115)(H3,69,74,80,81,111)/t30-,31-,32-,36+,37+,38+,39?,42-,43-,44-,45+,46+,47+,54+,55+,56+,57+,58+,59+/m0/s1. The van der Waals surface area contributed by atoms with Gasteiger partial charge in [0.25, 0.3) is 11.5 Å². The van der Waals surface area contributed by atoms with E-state index in [1.54, 1.807) is 0 Å². The van der Waals surface area contributed by atoms with Crippen LogP contribution < -0.4 is 53.8 Å². The number of thiol groups is 1. The van der Waals surface area contributed by atoms with E-state index >= 15 is 0 Å². The van der Waals surface area contributed by atoms with Gasteiger partial charge in [0.2, 0.25) is 41.4 Å². The summed E-state index contributed by atoms with van der Waals surface area (Å²) in [7, 11) is 0. The number of hydrogen-bond donors (Lipinski definition) is 30. The van der Waals surface area contributed by atoms with Crippen molar-refractivity contribution in [1.82, 2.24) is 57.2 Å². The summed E-state index contributed by atoms with van der Waals surface area (Å²) in [6, 6.07) is -2.18. The lowest BCUT2D eigenvalue weighted by Crippen LogP contribution is -2.50. The van der Waals surface area contributed by atoms with Gasteiger partial charge in [0.05, 0.1) is 68.7 Å². The van der Waals surface area contributed by atoms with Crippen LogP contribution in [0, 0.1) is 17.8 Å². The molecule has 0 aliphatic heterocycles. The first kappa shape index (κ1) is 100. The number of aromatic amines is 1. The van der Waals surface area contributed by atoms with Crippen molar-refractivity contribution in [2.75, 3.05) is 56.3 Å².